The number of pyridine rings is 1. The third kappa shape index (κ3) is 2.16. The van der Waals surface area contributed by atoms with E-state index in [9.17, 15) is 4.39 Å². The van der Waals surface area contributed by atoms with E-state index in [1.54, 1.807) is 6.20 Å². The molecule has 2 unspecified atom stereocenters. The van der Waals surface area contributed by atoms with Gasteiger partial charge in [0.05, 0.1) is 0 Å². The number of hydrogen-bond donors (Lipinski definition) is 2. The van der Waals surface area contributed by atoms with Gasteiger partial charge in [-0.05, 0) is 37.9 Å². The normalized spacial score (nSPS) is 23.0. The van der Waals surface area contributed by atoms with Crippen molar-refractivity contribution in [2.45, 2.75) is 25.9 Å². The molecule has 1 aliphatic rings. The standard InChI is InChI=1S/C12H18FN3/c1-8-4-6-16-12(14)10(8)11(13)9-3-2-5-15-7-9/h4,6,9,11,15H,2-3,5,7H2,1H3,(H2,14,16). The maximum absolute atomic E-state index is 14.4. The molecule has 0 amide bonds. The number of nitrogens with one attached hydrogen (secondary N) is 1. The van der Waals surface area contributed by atoms with Crippen LogP contribution < -0.4 is 11.1 Å². The molecule has 1 aliphatic heterocycles. The fourth-order valence-electron chi connectivity index (χ4n) is 2.31. The summed E-state index contributed by atoms with van der Waals surface area (Å²) in [5.41, 5.74) is 7.23. The van der Waals surface area contributed by atoms with Crippen molar-refractivity contribution in [2.75, 3.05) is 18.8 Å². The summed E-state index contributed by atoms with van der Waals surface area (Å²) in [6.07, 6.45) is 2.58. The molecule has 16 heavy (non-hydrogen) atoms. The second kappa shape index (κ2) is 4.78. The lowest BCUT2D eigenvalue weighted by molar-refractivity contribution is 0.194. The molecule has 0 bridgehead atoms. The molecule has 88 valence electrons. The molecule has 0 aromatic carbocycles. The molecular weight excluding hydrogens is 205 g/mol. The van der Waals surface area contributed by atoms with Gasteiger partial charge in [-0.15, -0.1) is 0 Å². The molecule has 0 radical (unpaired) electrons. The van der Waals surface area contributed by atoms with Crippen LogP contribution in [-0.4, -0.2) is 18.1 Å². The maximum Gasteiger partial charge on any atom is 0.133 e. The SMILES string of the molecule is Cc1ccnc(N)c1C(F)C1CCCNC1. The number of aryl methyl sites for hydroxylation is 1. The number of nitrogens with two attached hydrogens (primary N) is 1. The molecule has 2 heterocycles. The Morgan fingerprint density at radius 2 is 2.44 bits per heavy atom. The number of rotatable bonds is 2. The van der Waals surface area contributed by atoms with E-state index in [0.29, 0.717) is 11.4 Å². The predicted molar refractivity (Wildman–Crippen MR) is 62.8 cm³/mol. The van der Waals surface area contributed by atoms with E-state index in [4.69, 9.17) is 5.73 Å². The van der Waals surface area contributed by atoms with E-state index in [1.807, 2.05) is 13.0 Å². The van der Waals surface area contributed by atoms with Crippen LogP contribution >= 0.6 is 0 Å². The van der Waals surface area contributed by atoms with Crippen molar-refractivity contribution in [3.8, 4) is 0 Å². The summed E-state index contributed by atoms with van der Waals surface area (Å²) in [4.78, 5) is 3.97. The first-order valence-corrected chi connectivity index (χ1v) is 5.76. The van der Waals surface area contributed by atoms with Crippen molar-refractivity contribution in [2.24, 2.45) is 5.92 Å². The molecule has 1 saturated heterocycles. The first kappa shape index (κ1) is 11.3. The van der Waals surface area contributed by atoms with Crippen molar-refractivity contribution < 1.29 is 4.39 Å². The minimum atomic E-state index is -0.999. The number of alkyl halides is 1. The van der Waals surface area contributed by atoms with Gasteiger partial charge >= 0.3 is 0 Å². The molecular formula is C12H18FN3. The van der Waals surface area contributed by atoms with Crippen LogP contribution in [0.4, 0.5) is 10.2 Å². The molecule has 2 atom stereocenters. The zero-order valence-corrected chi connectivity index (χ0v) is 9.54. The number of nitrogen functional groups attached to an aromatic ring is 1. The number of nitrogens with zero attached hydrogens (tertiary/aromatic N) is 1. The first-order chi connectivity index (χ1) is 7.70. The lowest BCUT2D eigenvalue weighted by atomic mass is 9.89. The van der Waals surface area contributed by atoms with E-state index in [2.05, 4.69) is 10.3 Å². The molecule has 3 nitrogen and oxygen atoms in total. The summed E-state index contributed by atoms with van der Waals surface area (Å²) in [6.45, 7) is 3.61. The summed E-state index contributed by atoms with van der Waals surface area (Å²) in [5, 5.41) is 3.22. The topological polar surface area (TPSA) is 50.9 Å². The Labute approximate surface area is 95.3 Å². The quantitative estimate of drug-likeness (QED) is 0.806. The van der Waals surface area contributed by atoms with Crippen LogP contribution in [0, 0.1) is 12.8 Å². The van der Waals surface area contributed by atoms with Crippen molar-refractivity contribution in [3.05, 3.63) is 23.4 Å². The fraction of sp³-hybridized carbons (Fsp3) is 0.583. The van der Waals surface area contributed by atoms with Gasteiger partial charge in [-0.1, -0.05) is 0 Å². The smallest absolute Gasteiger partial charge is 0.133 e. The number of halogens is 1. The van der Waals surface area contributed by atoms with Crippen LogP contribution in [0.1, 0.15) is 30.1 Å². The van der Waals surface area contributed by atoms with E-state index < -0.39 is 6.17 Å². The van der Waals surface area contributed by atoms with Crippen molar-refractivity contribution in [3.63, 3.8) is 0 Å². The van der Waals surface area contributed by atoms with Gasteiger partial charge in [-0.2, -0.15) is 0 Å². The Kier molecular flexibility index (Phi) is 3.39. The monoisotopic (exact) mass is 223 g/mol. The van der Waals surface area contributed by atoms with Crippen molar-refractivity contribution in [1.82, 2.24) is 10.3 Å². The van der Waals surface area contributed by atoms with E-state index >= 15 is 0 Å². The zero-order chi connectivity index (χ0) is 11.5. The predicted octanol–water partition coefficient (Wildman–Crippen LogP) is 1.98. The highest BCUT2D eigenvalue weighted by Gasteiger charge is 2.27. The number of piperidine rings is 1. The lowest BCUT2D eigenvalue weighted by Gasteiger charge is -2.27. The van der Waals surface area contributed by atoms with Gasteiger partial charge in [0.2, 0.25) is 0 Å². The summed E-state index contributed by atoms with van der Waals surface area (Å²) in [6, 6.07) is 1.81. The Hall–Kier alpha value is -1.16. The van der Waals surface area contributed by atoms with Crippen molar-refractivity contribution >= 4 is 5.82 Å². The lowest BCUT2D eigenvalue weighted by Crippen LogP contribution is -2.32. The highest BCUT2D eigenvalue weighted by molar-refractivity contribution is 5.45. The summed E-state index contributed by atoms with van der Waals surface area (Å²) >= 11 is 0. The molecule has 1 fully saturated rings. The van der Waals surface area contributed by atoms with Gasteiger partial charge in [0.25, 0.3) is 0 Å². The van der Waals surface area contributed by atoms with Gasteiger partial charge < -0.3 is 11.1 Å². The van der Waals surface area contributed by atoms with Crippen LogP contribution in [0.25, 0.3) is 0 Å². The molecule has 1 aromatic rings. The molecule has 0 aliphatic carbocycles. The Morgan fingerprint density at radius 3 is 3.06 bits per heavy atom. The zero-order valence-electron chi connectivity index (χ0n) is 9.54. The van der Waals surface area contributed by atoms with Gasteiger partial charge in [0.1, 0.15) is 12.0 Å². The van der Waals surface area contributed by atoms with Crippen LogP contribution in [0.2, 0.25) is 0 Å². The van der Waals surface area contributed by atoms with E-state index in [1.165, 1.54) is 0 Å². The molecule has 1 aromatic heterocycles. The van der Waals surface area contributed by atoms with Crippen molar-refractivity contribution in [1.29, 1.82) is 0 Å². The summed E-state index contributed by atoms with van der Waals surface area (Å²) < 4.78 is 14.4. The number of hydrogen-bond acceptors (Lipinski definition) is 3. The largest absolute Gasteiger partial charge is 0.383 e. The number of aromatic nitrogens is 1. The van der Waals surface area contributed by atoms with Gasteiger partial charge in [-0.25, -0.2) is 9.37 Å². The average Bonchev–Trinajstić information content (AvgIpc) is 2.30. The van der Waals surface area contributed by atoms with E-state index in [0.717, 1.165) is 31.5 Å². The molecule has 0 spiro atoms. The third-order valence-corrected chi connectivity index (χ3v) is 3.26. The Balaban J connectivity index is 2.22. The fourth-order valence-corrected chi connectivity index (χ4v) is 2.31. The second-order valence-corrected chi connectivity index (χ2v) is 4.43. The highest BCUT2D eigenvalue weighted by Crippen LogP contribution is 2.34. The second-order valence-electron chi connectivity index (χ2n) is 4.43. The minimum absolute atomic E-state index is 0.0268. The Bertz CT molecular complexity index is 341. The van der Waals surface area contributed by atoms with Crippen LogP contribution in [0.5, 0.6) is 0 Å². The molecule has 4 heteroatoms. The van der Waals surface area contributed by atoms with Gasteiger partial charge in [-0.3, -0.25) is 0 Å². The van der Waals surface area contributed by atoms with E-state index in [-0.39, 0.29) is 5.92 Å². The Morgan fingerprint density at radius 1 is 1.62 bits per heavy atom. The number of anilines is 1. The highest BCUT2D eigenvalue weighted by atomic mass is 19.1. The van der Waals surface area contributed by atoms with Crippen LogP contribution in [0.15, 0.2) is 12.3 Å². The summed E-state index contributed by atoms with van der Waals surface area (Å²) in [5.74, 6) is 0.358. The van der Waals surface area contributed by atoms with Gasteiger partial charge in [0.15, 0.2) is 0 Å². The maximum atomic E-state index is 14.4. The molecule has 2 rings (SSSR count). The summed E-state index contributed by atoms with van der Waals surface area (Å²) in [7, 11) is 0. The first-order valence-electron chi connectivity index (χ1n) is 5.76. The molecule has 3 N–H and O–H groups in total. The third-order valence-electron chi connectivity index (χ3n) is 3.26. The molecule has 0 saturated carbocycles. The minimum Gasteiger partial charge on any atom is -0.383 e. The van der Waals surface area contributed by atoms with Crippen LogP contribution in [-0.2, 0) is 0 Å². The van der Waals surface area contributed by atoms with Crippen LogP contribution in [0.3, 0.4) is 0 Å². The van der Waals surface area contributed by atoms with Gasteiger partial charge in [0, 0.05) is 24.2 Å². The average molecular weight is 223 g/mol.